The molecule has 184 valence electrons. The number of aromatic nitrogens is 4. The fourth-order valence-electron chi connectivity index (χ4n) is 4.34. The van der Waals surface area contributed by atoms with Gasteiger partial charge in [-0.1, -0.05) is 0 Å². The van der Waals surface area contributed by atoms with Crippen molar-refractivity contribution in [2.45, 2.75) is 50.7 Å². The molecule has 2 fully saturated rings. The summed E-state index contributed by atoms with van der Waals surface area (Å²) in [4.78, 5) is 26.0. The van der Waals surface area contributed by atoms with Gasteiger partial charge < -0.3 is 15.0 Å². The zero-order valence-electron chi connectivity index (χ0n) is 18.8. The van der Waals surface area contributed by atoms with E-state index in [2.05, 4.69) is 24.6 Å². The maximum absolute atomic E-state index is 13.3. The third kappa shape index (κ3) is 5.21. The smallest absolute Gasteiger partial charge is 0.418 e. The Labute approximate surface area is 203 Å². The van der Waals surface area contributed by atoms with Crippen molar-refractivity contribution in [1.82, 2.24) is 24.2 Å². The number of ether oxygens (including phenoxy) is 1. The van der Waals surface area contributed by atoms with Crippen LogP contribution in [0.3, 0.4) is 0 Å². The number of piperidine rings is 1. The van der Waals surface area contributed by atoms with Gasteiger partial charge in [-0.25, -0.2) is 9.97 Å². The van der Waals surface area contributed by atoms with E-state index >= 15 is 0 Å². The average Bonchev–Trinajstić information content (AvgIpc) is 3.58. The number of alkyl halides is 3. The molecule has 4 heterocycles. The minimum absolute atomic E-state index is 0.0931. The number of anilines is 2. The highest BCUT2D eigenvalue weighted by Gasteiger charge is 2.40. The minimum atomic E-state index is -4.57. The van der Waals surface area contributed by atoms with Gasteiger partial charge in [-0.15, -0.1) is 0 Å². The van der Waals surface area contributed by atoms with Gasteiger partial charge in [0.25, 0.3) is 0 Å². The summed E-state index contributed by atoms with van der Waals surface area (Å²) >= 11 is 1.11. The lowest BCUT2D eigenvalue weighted by molar-refractivity contribution is -0.137. The maximum Gasteiger partial charge on any atom is 0.418 e. The quantitative estimate of drug-likeness (QED) is 0.436. The summed E-state index contributed by atoms with van der Waals surface area (Å²) in [5.41, 5.74) is -0.397. The van der Waals surface area contributed by atoms with Crippen LogP contribution in [0.4, 0.5) is 24.1 Å². The molecule has 3 aromatic heterocycles. The molecule has 0 spiro atoms. The molecule has 1 aliphatic carbocycles. The lowest BCUT2D eigenvalue weighted by atomic mass is 9.88. The lowest BCUT2D eigenvalue weighted by Crippen LogP contribution is -2.42. The van der Waals surface area contributed by atoms with Gasteiger partial charge in [-0.05, 0) is 56.7 Å². The van der Waals surface area contributed by atoms with Gasteiger partial charge in [0, 0.05) is 42.4 Å². The lowest BCUT2D eigenvalue weighted by Gasteiger charge is -2.36. The number of hydrogen-bond acceptors (Lipinski definition) is 8. The number of hydrogen-bond donors (Lipinski definition) is 1. The first kappa shape index (κ1) is 23.5. The molecule has 2 aliphatic rings. The van der Waals surface area contributed by atoms with Crippen LogP contribution in [0, 0.1) is 12.8 Å². The van der Waals surface area contributed by atoms with Gasteiger partial charge in [-0.2, -0.15) is 17.5 Å². The van der Waals surface area contributed by atoms with Crippen LogP contribution in [0.2, 0.25) is 0 Å². The highest BCUT2D eigenvalue weighted by atomic mass is 32.1. The normalized spacial score (nSPS) is 20.5. The number of halogens is 3. The van der Waals surface area contributed by atoms with E-state index in [1.807, 2.05) is 4.90 Å². The Morgan fingerprint density at radius 3 is 2.77 bits per heavy atom. The summed E-state index contributed by atoms with van der Waals surface area (Å²) in [6.07, 6.45) is 2.54. The Morgan fingerprint density at radius 2 is 2.06 bits per heavy atom. The summed E-state index contributed by atoms with van der Waals surface area (Å²) in [6, 6.07) is 4.37. The Bertz CT molecular complexity index is 1220. The van der Waals surface area contributed by atoms with Crippen LogP contribution in [-0.2, 0) is 11.0 Å². The van der Waals surface area contributed by atoms with E-state index < -0.39 is 11.7 Å². The molecule has 35 heavy (non-hydrogen) atoms. The third-order valence-electron chi connectivity index (χ3n) is 6.38. The van der Waals surface area contributed by atoms with Gasteiger partial charge in [0.05, 0.1) is 11.3 Å². The molecule has 0 bridgehead atoms. The SMILES string of the molecule is Cc1ncccc1Oc1cc(C(F)(F)F)cnc1Nc1nc(C2CCN(C=O)C(C3CC3)C2)ns1. The molecular formula is C23H23F3N6O2S. The van der Waals surface area contributed by atoms with E-state index in [0.717, 1.165) is 55.9 Å². The third-order valence-corrected chi connectivity index (χ3v) is 7.02. The molecule has 1 amide bonds. The van der Waals surface area contributed by atoms with Crippen molar-refractivity contribution in [2.24, 2.45) is 5.92 Å². The molecule has 0 aromatic carbocycles. The van der Waals surface area contributed by atoms with Gasteiger partial charge in [-0.3, -0.25) is 9.78 Å². The average molecular weight is 505 g/mol. The second kappa shape index (κ2) is 9.40. The summed E-state index contributed by atoms with van der Waals surface area (Å²) in [6.45, 7) is 2.37. The number of likely N-dealkylation sites (tertiary alicyclic amines) is 1. The van der Waals surface area contributed by atoms with Gasteiger partial charge in [0.15, 0.2) is 11.6 Å². The number of carbonyl (C=O) groups is 1. The summed E-state index contributed by atoms with van der Waals surface area (Å²) in [5, 5.41) is 3.37. The molecule has 0 radical (unpaired) electrons. The molecule has 2 unspecified atom stereocenters. The fourth-order valence-corrected chi connectivity index (χ4v) is 4.99. The van der Waals surface area contributed by atoms with E-state index in [4.69, 9.17) is 4.74 Å². The summed E-state index contributed by atoms with van der Waals surface area (Å²) in [5.74, 6) is 1.66. The molecule has 12 heteroatoms. The monoisotopic (exact) mass is 504 g/mol. The molecule has 1 saturated carbocycles. The van der Waals surface area contributed by atoms with Crippen LogP contribution < -0.4 is 10.1 Å². The zero-order chi connectivity index (χ0) is 24.6. The van der Waals surface area contributed by atoms with Crippen LogP contribution in [0.15, 0.2) is 30.6 Å². The molecule has 2 atom stereocenters. The number of nitrogens with one attached hydrogen (secondary N) is 1. The number of amides is 1. The van der Waals surface area contributed by atoms with Crippen molar-refractivity contribution in [2.75, 3.05) is 11.9 Å². The first-order valence-electron chi connectivity index (χ1n) is 11.3. The first-order valence-corrected chi connectivity index (χ1v) is 12.1. The number of pyridine rings is 2. The number of aryl methyl sites for hydroxylation is 1. The zero-order valence-corrected chi connectivity index (χ0v) is 19.6. The predicted molar refractivity (Wildman–Crippen MR) is 123 cm³/mol. The molecule has 8 nitrogen and oxygen atoms in total. The summed E-state index contributed by atoms with van der Waals surface area (Å²) < 4.78 is 50.2. The molecule has 1 aliphatic heterocycles. The molecule has 1 saturated heterocycles. The molecule has 1 N–H and O–H groups in total. The van der Waals surface area contributed by atoms with Crippen LogP contribution in [0.5, 0.6) is 11.5 Å². The van der Waals surface area contributed by atoms with Crippen LogP contribution in [0.1, 0.15) is 48.7 Å². The highest BCUT2D eigenvalue weighted by Crippen LogP contribution is 2.43. The predicted octanol–water partition coefficient (Wildman–Crippen LogP) is 5.31. The van der Waals surface area contributed by atoms with Crippen LogP contribution >= 0.6 is 11.5 Å². The Morgan fingerprint density at radius 1 is 1.23 bits per heavy atom. The fraction of sp³-hybridized carbons (Fsp3) is 0.435. The minimum Gasteiger partial charge on any atom is -0.452 e. The molecular weight excluding hydrogens is 481 g/mol. The highest BCUT2D eigenvalue weighted by molar-refractivity contribution is 7.09. The van der Waals surface area contributed by atoms with Crippen LogP contribution in [0.25, 0.3) is 0 Å². The van der Waals surface area contributed by atoms with Crippen molar-refractivity contribution in [3.63, 3.8) is 0 Å². The summed E-state index contributed by atoms with van der Waals surface area (Å²) in [7, 11) is 0. The van der Waals surface area contributed by atoms with Crippen molar-refractivity contribution >= 4 is 28.9 Å². The van der Waals surface area contributed by atoms with Crippen molar-refractivity contribution in [3.8, 4) is 11.5 Å². The first-order chi connectivity index (χ1) is 16.8. The largest absolute Gasteiger partial charge is 0.452 e. The Hall–Kier alpha value is -3.28. The van der Waals surface area contributed by atoms with Crippen molar-refractivity contribution in [3.05, 3.63) is 47.7 Å². The Balaban J connectivity index is 1.37. The maximum atomic E-state index is 13.3. The second-order valence-corrected chi connectivity index (χ2v) is 9.56. The van der Waals surface area contributed by atoms with Crippen LogP contribution in [-0.4, -0.2) is 43.2 Å². The van der Waals surface area contributed by atoms with Crippen molar-refractivity contribution < 1.29 is 22.7 Å². The van der Waals surface area contributed by atoms with Gasteiger partial charge >= 0.3 is 6.18 Å². The number of rotatable bonds is 7. The van der Waals surface area contributed by atoms with E-state index in [1.54, 1.807) is 25.3 Å². The van der Waals surface area contributed by atoms with Crippen molar-refractivity contribution in [1.29, 1.82) is 0 Å². The standard InChI is InChI=1S/C23H23F3N6O2S/c1-13-18(3-2-7-27-13)34-19-10-16(23(24,25)26)11-28-21(19)30-22-29-20(31-35-22)15-6-8-32(12-33)17(9-15)14-4-5-14/h2-3,7,10-12,14-15,17H,4-6,8-9H2,1H3,(H,28,29,30,31). The van der Waals surface area contributed by atoms with E-state index in [1.165, 1.54) is 0 Å². The second-order valence-electron chi connectivity index (χ2n) is 8.81. The Kier molecular flexibility index (Phi) is 6.30. The molecule has 5 rings (SSSR count). The van der Waals surface area contributed by atoms with E-state index in [0.29, 0.717) is 34.9 Å². The topological polar surface area (TPSA) is 93.1 Å². The van der Waals surface area contributed by atoms with E-state index in [9.17, 15) is 18.0 Å². The number of nitrogens with zero attached hydrogens (tertiary/aromatic N) is 5. The van der Waals surface area contributed by atoms with Gasteiger partial charge in [0.1, 0.15) is 11.6 Å². The van der Waals surface area contributed by atoms with Gasteiger partial charge in [0.2, 0.25) is 11.5 Å². The van der Waals surface area contributed by atoms with E-state index in [-0.39, 0.29) is 23.5 Å². The number of carbonyl (C=O) groups excluding carboxylic acids is 1. The molecule has 3 aromatic rings.